The number of nitrogens with zero attached hydrogens (tertiary/aromatic N) is 4. The number of hydrogen-bond donors (Lipinski definition) is 3. The summed E-state index contributed by atoms with van der Waals surface area (Å²) in [7, 11) is 4.20. The van der Waals surface area contributed by atoms with Crippen molar-refractivity contribution >= 4 is 45.9 Å². The average Bonchev–Trinajstić information content (AvgIpc) is 3.46. The van der Waals surface area contributed by atoms with Crippen molar-refractivity contribution in [3.8, 4) is 16.9 Å². The van der Waals surface area contributed by atoms with Gasteiger partial charge in [-0.3, -0.25) is 0 Å². The molecule has 9 nitrogen and oxygen atoms in total. The lowest BCUT2D eigenvalue weighted by atomic mass is 10.1. The first-order valence-electron chi connectivity index (χ1n) is 10.8. The van der Waals surface area contributed by atoms with Gasteiger partial charge in [0.25, 0.3) is 0 Å². The van der Waals surface area contributed by atoms with Crippen LogP contribution in [0.1, 0.15) is 11.3 Å². The second kappa shape index (κ2) is 12.4. The molecule has 184 valence electrons. The molecule has 0 amide bonds. The van der Waals surface area contributed by atoms with E-state index in [4.69, 9.17) is 31.4 Å². The molecule has 0 saturated heterocycles. The Kier molecular flexibility index (Phi) is 9.32. The maximum atomic E-state index is 9.10. The van der Waals surface area contributed by atoms with Crippen molar-refractivity contribution in [1.82, 2.24) is 24.8 Å². The molecule has 4 rings (SSSR count). The minimum absolute atomic E-state index is 0.262. The van der Waals surface area contributed by atoms with E-state index in [9.17, 15) is 0 Å². The fraction of sp³-hybridized carbons (Fsp3) is 0.250. The predicted octanol–water partition coefficient (Wildman–Crippen LogP) is 4.00. The van der Waals surface area contributed by atoms with Gasteiger partial charge in [-0.1, -0.05) is 18.2 Å². The lowest BCUT2D eigenvalue weighted by Gasteiger charge is -2.09. The van der Waals surface area contributed by atoms with Crippen LogP contribution in [0.3, 0.4) is 0 Å². The number of carbonyl (C=O) groups is 2. The average molecular weight is 516 g/mol. The Hall–Kier alpha value is -3.31. The van der Waals surface area contributed by atoms with E-state index >= 15 is 0 Å². The van der Waals surface area contributed by atoms with Crippen molar-refractivity contribution in [2.75, 3.05) is 27.2 Å². The number of aliphatic carboxylic acids is 2. The molecule has 0 radical (unpaired) electrons. The zero-order valence-corrected chi connectivity index (χ0v) is 20.9. The monoisotopic (exact) mass is 515 g/mol. The van der Waals surface area contributed by atoms with Crippen LogP contribution in [0, 0.1) is 0 Å². The summed E-state index contributed by atoms with van der Waals surface area (Å²) in [4.78, 5) is 30.7. The van der Waals surface area contributed by atoms with Crippen molar-refractivity contribution < 1.29 is 19.8 Å². The summed E-state index contributed by atoms with van der Waals surface area (Å²) in [5.74, 6) is -3.65. The van der Waals surface area contributed by atoms with Crippen molar-refractivity contribution in [2.45, 2.75) is 13.0 Å². The van der Waals surface area contributed by atoms with Crippen LogP contribution in [0.15, 0.2) is 54.0 Å². The van der Waals surface area contributed by atoms with E-state index in [1.54, 1.807) is 11.3 Å². The van der Waals surface area contributed by atoms with Gasteiger partial charge in [0.15, 0.2) is 0 Å². The third-order valence-electron chi connectivity index (χ3n) is 4.92. The molecule has 0 atom stereocenters. The molecule has 3 aromatic heterocycles. The summed E-state index contributed by atoms with van der Waals surface area (Å²) >= 11 is 8.04. The number of rotatable bonds is 8. The zero-order chi connectivity index (χ0) is 25.4. The van der Waals surface area contributed by atoms with Crippen LogP contribution >= 0.6 is 22.9 Å². The summed E-state index contributed by atoms with van der Waals surface area (Å²) in [6.07, 6.45) is 3.16. The molecule has 0 aliphatic heterocycles. The molecule has 0 fully saturated rings. The Bertz CT molecular complexity index is 1280. The Morgan fingerprint density at radius 3 is 2.49 bits per heavy atom. The highest BCUT2D eigenvalue weighted by Crippen LogP contribution is 2.32. The van der Waals surface area contributed by atoms with Gasteiger partial charge in [0.1, 0.15) is 5.65 Å². The SMILES string of the molecule is CN(C)CCCNCc1cc(-c2nc(Cl)nc3c2ccn3-c2ccccc2)cs1.O=C(O)C(=O)O. The van der Waals surface area contributed by atoms with E-state index in [1.807, 2.05) is 29.0 Å². The predicted molar refractivity (Wildman–Crippen MR) is 137 cm³/mol. The van der Waals surface area contributed by atoms with Gasteiger partial charge in [0, 0.05) is 39.6 Å². The second-order valence-electron chi connectivity index (χ2n) is 7.85. The number of thiophene rings is 1. The standard InChI is InChI=1S/C22H24ClN5S.C2H2O4/c1-27(2)11-6-10-24-14-18-13-16(15-29-18)20-19-9-12-28(17-7-4-3-5-8-17)21(19)26-22(23)25-20;3-1(4)2(5)6/h3-5,7-9,12-13,15,24H,6,10-11,14H2,1-2H3;(H,3,4)(H,5,6). The number of aromatic nitrogens is 3. The van der Waals surface area contributed by atoms with Crippen LogP contribution in [0.2, 0.25) is 5.28 Å². The molecular weight excluding hydrogens is 490 g/mol. The van der Waals surface area contributed by atoms with Crippen LogP contribution in [0.25, 0.3) is 28.0 Å². The highest BCUT2D eigenvalue weighted by Gasteiger charge is 2.15. The van der Waals surface area contributed by atoms with E-state index in [2.05, 4.69) is 63.9 Å². The summed E-state index contributed by atoms with van der Waals surface area (Å²) in [5, 5.41) is 21.7. The minimum atomic E-state index is -1.82. The van der Waals surface area contributed by atoms with Gasteiger partial charge in [-0.25, -0.2) is 14.6 Å². The fourth-order valence-electron chi connectivity index (χ4n) is 3.33. The van der Waals surface area contributed by atoms with E-state index in [1.165, 1.54) is 4.88 Å². The van der Waals surface area contributed by atoms with Crippen LogP contribution in [-0.4, -0.2) is 68.8 Å². The number of benzene rings is 1. The Balaban J connectivity index is 0.000000509. The van der Waals surface area contributed by atoms with E-state index in [-0.39, 0.29) is 5.28 Å². The van der Waals surface area contributed by atoms with Crippen molar-refractivity contribution in [3.63, 3.8) is 0 Å². The van der Waals surface area contributed by atoms with Gasteiger partial charge in [0.05, 0.1) is 5.69 Å². The minimum Gasteiger partial charge on any atom is -0.473 e. The third kappa shape index (κ3) is 7.33. The van der Waals surface area contributed by atoms with Crippen molar-refractivity contribution in [1.29, 1.82) is 0 Å². The molecule has 3 heterocycles. The van der Waals surface area contributed by atoms with Gasteiger partial charge in [-0.05, 0) is 69.5 Å². The summed E-state index contributed by atoms with van der Waals surface area (Å²) in [6, 6.07) is 14.4. The van der Waals surface area contributed by atoms with Gasteiger partial charge < -0.3 is 25.0 Å². The maximum Gasteiger partial charge on any atom is 0.414 e. The number of halogens is 1. The largest absolute Gasteiger partial charge is 0.473 e. The molecular formula is C24H26ClN5O4S. The Morgan fingerprint density at radius 1 is 1.11 bits per heavy atom. The molecule has 35 heavy (non-hydrogen) atoms. The highest BCUT2D eigenvalue weighted by molar-refractivity contribution is 7.10. The van der Waals surface area contributed by atoms with Gasteiger partial charge >= 0.3 is 11.9 Å². The normalized spacial score (nSPS) is 10.9. The summed E-state index contributed by atoms with van der Waals surface area (Å²) in [6.45, 7) is 2.97. The van der Waals surface area contributed by atoms with Crippen LogP contribution in [0.4, 0.5) is 0 Å². The molecule has 1 aromatic carbocycles. The van der Waals surface area contributed by atoms with Gasteiger partial charge in [0.2, 0.25) is 5.28 Å². The summed E-state index contributed by atoms with van der Waals surface area (Å²) in [5.41, 5.74) is 3.84. The van der Waals surface area contributed by atoms with Crippen LogP contribution in [0.5, 0.6) is 0 Å². The number of fused-ring (bicyclic) bond motifs is 1. The maximum absolute atomic E-state index is 9.10. The molecule has 3 N–H and O–H groups in total. The lowest BCUT2D eigenvalue weighted by molar-refractivity contribution is -0.159. The molecule has 0 unspecified atom stereocenters. The number of para-hydroxylation sites is 1. The van der Waals surface area contributed by atoms with Crippen LogP contribution in [-0.2, 0) is 16.1 Å². The Labute approximate surface area is 211 Å². The van der Waals surface area contributed by atoms with Gasteiger partial charge in [-0.2, -0.15) is 4.98 Å². The topological polar surface area (TPSA) is 121 Å². The quantitative estimate of drug-likeness (QED) is 0.183. The molecule has 0 saturated carbocycles. The fourth-order valence-corrected chi connectivity index (χ4v) is 4.34. The number of nitrogens with one attached hydrogen (secondary N) is 1. The number of hydrogen-bond acceptors (Lipinski definition) is 7. The number of carboxylic acids is 2. The van der Waals surface area contributed by atoms with Crippen LogP contribution < -0.4 is 5.32 Å². The highest BCUT2D eigenvalue weighted by atomic mass is 35.5. The molecule has 11 heteroatoms. The second-order valence-corrected chi connectivity index (χ2v) is 9.18. The first-order valence-corrected chi connectivity index (χ1v) is 12.0. The van der Waals surface area contributed by atoms with Crippen molar-refractivity contribution in [2.24, 2.45) is 0 Å². The molecule has 4 aromatic rings. The third-order valence-corrected chi connectivity index (χ3v) is 6.03. The molecule has 0 spiro atoms. The molecule has 0 aliphatic rings. The lowest BCUT2D eigenvalue weighted by Crippen LogP contribution is -2.20. The van der Waals surface area contributed by atoms with E-state index in [0.717, 1.165) is 54.0 Å². The van der Waals surface area contributed by atoms with Crippen molar-refractivity contribution in [3.05, 3.63) is 64.2 Å². The number of carboxylic acid groups (broad SMARTS) is 2. The zero-order valence-electron chi connectivity index (χ0n) is 19.3. The first kappa shape index (κ1) is 26.3. The van der Waals surface area contributed by atoms with E-state index < -0.39 is 11.9 Å². The molecule has 0 bridgehead atoms. The smallest absolute Gasteiger partial charge is 0.414 e. The van der Waals surface area contributed by atoms with Gasteiger partial charge in [-0.15, -0.1) is 11.3 Å². The summed E-state index contributed by atoms with van der Waals surface area (Å²) < 4.78 is 2.05. The Morgan fingerprint density at radius 2 is 1.83 bits per heavy atom. The van der Waals surface area contributed by atoms with E-state index in [0.29, 0.717) is 0 Å². The molecule has 0 aliphatic carbocycles. The first-order chi connectivity index (χ1) is 16.8.